The molecule has 1 heterocycles. The van der Waals surface area contributed by atoms with Gasteiger partial charge in [0.1, 0.15) is 0 Å². The van der Waals surface area contributed by atoms with Gasteiger partial charge in [-0.25, -0.2) is 5.10 Å². The van der Waals surface area contributed by atoms with Gasteiger partial charge >= 0.3 is 0 Å². The first kappa shape index (κ1) is 14.6. The molecule has 0 spiro atoms. The van der Waals surface area contributed by atoms with Crippen LogP contribution in [0.15, 0.2) is 0 Å². The summed E-state index contributed by atoms with van der Waals surface area (Å²) in [6.45, 7) is 5.54. The van der Waals surface area contributed by atoms with E-state index in [0.717, 1.165) is 17.3 Å². The first-order valence-corrected chi connectivity index (χ1v) is 7.88. The van der Waals surface area contributed by atoms with Crippen molar-refractivity contribution in [2.75, 3.05) is 18.5 Å². The Balaban J connectivity index is 2.14. The number of hydrogen-bond donors (Lipinski definition) is 1. The molecule has 108 valence electrons. The molecule has 1 saturated carbocycles. The average molecular weight is 282 g/mol. The Hall–Kier alpha value is -0.840. The summed E-state index contributed by atoms with van der Waals surface area (Å²) in [5, 5.41) is 7.42. The standard InChI is InChI=1S/C14H26N4S/c1-11(2)9-10-17(3)13-15-16-14(19)18(13)12-7-5-4-6-8-12/h11-12H,4-10H2,1-3H3,(H,16,19). The molecule has 19 heavy (non-hydrogen) atoms. The Labute approximate surface area is 121 Å². The Morgan fingerprint density at radius 2 is 2.05 bits per heavy atom. The summed E-state index contributed by atoms with van der Waals surface area (Å²) in [6.07, 6.45) is 7.64. The molecule has 1 aromatic rings. The van der Waals surface area contributed by atoms with Crippen LogP contribution in [0.1, 0.15) is 58.4 Å². The molecule has 4 nitrogen and oxygen atoms in total. The molecule has 0 saturated heterocycles. The van der Waals surface area contributed by atoms with Crippen LogP contribution in [0.2, 0.25) is 0 Å². The van der Waals surface area contributed by atoms with Crippen molar-refractivity contribution in [2.24, 2.45) is 5.92 Å². The molecule has 5 heteroatoms. The summed E-state index contributed by atoms with van der Waals surface area (Å²) in [5.41, 5.74) is 0. The Morgan fingerprint density at radius 1 is 1.37 bits per heavy atom. The normalized spacial score (nSPS) is 17.1. The minimum absolute atomic E-state index is 0.538. The van der Waals surface area contributed by atoms with E-state index in [1.54, 1.807) is 0 Å². The number of nitrogens with zero attached hydrogens (tertiary/aromatic N) is 3. The van der Waals surface area contributed by atoms with Crippen molar-refractivity contribution in [3.63, 3.8) is 0 Å². The van der Waals surface area contributed by atoms with Crippen molar-refractivity contribution in [2.45, 2.75) is 58.4 Å². The second-order valence-electron chi connectivity index (χ2n) is 6.09. The second kappa shape index (κ2) is 6.55. The van der Waals surface area contributed by atoms with E-state index in [2.05, 4.69) is 40.6 Å². The van der Waals surface area contributed by atoms with Crippen LogP contribution in [-0.2, 0) is 0 Å². The SMILES string of the molecule is CC(C)CCN(C)c1n[nH]c(=S)n1C1CCCCC1. The van der Waals surface area contributed by atoms with Crippen molar-refractivity contribution < 1.29 is 0 Å². The highest BCUT2D eigenvalue weighted by Gasteiger charge is 2.21. The number of H-pyrrole nitrogens is 1. The van der Waals surface area contributed by atoms with Crippen LogP contribution in [-0.4, -0.2) is 28.4 Å². The number of hydrogen-bond acceptors (Lipinski definition) is 3. The third-order valence-corrected chi connectivity index (χ3v) is 4.30. The molecular weight excluding hydrogens is 256 g/mol. The topological polar surface area (TPSA) is 36.9 Å². The van der Waals surface area contributed by atoms with Crippen molar-refractivity contribution in [1.29, 1.82) is 0 Å². The number of rotatable bonds is 5. The summed E-state index contributed by atoms with van der Waals surface area (Å²) in [5.74, 6) is 1.73. The van der Waals surface area contributed by atoms with Gasteiger partial charge in [0.2, 0.25) is 5.95 Å². The quantitative estimate of drug-likeness (QED) is 0.831. The van der Waals surface area contributed by atoms with E-state index in [9.17, 15) is 0 Å². The van der Waals surface area contributed by atoms with Gasteiger partial charge in [0.25, 0.3) is 0 Å². The Morgan fingerprint density at radius 3 is 2.68 bits per heavy atom. The van der Waals surface area contributed by atoms with Crippen molar-refractivity contribution >= 4 is 18.2 Å². The molecule has 0 aliphatic heterocycles. The molecule has 1 aliphatic carbocycles. The fourth-order valence-corrected chi connectivity index (χ4v) is 3.06. The van der Waals surface area contributed by atoms with Gasteiger partial charge in [-0.3, -0.25) is 4.57 Å². The monoisotopic (exact) mass is 282 g/mol. The minimum atomic E-state index is 0.538. The van der Waals surface area contributed by atoms with Crippen LogP contribution in [0.25, 0.3) is 0 Å². The first-order valence-electron chi connectivity index (χ1n) is 7.47. The second-order valence-corrected chi connectivity index (χ2v) is 6.48. The number of nitrogens with one attached hydrogen (secondary N) is 1. The van der Waals surface area contributed by atoms with Crippen molar-refractivity contribution in [3.8, 4) is 0 Å². The van der Waals surface area contributed by atoms with E-state index in [1.165, 1.54) is 38.5 Å². The molecule has 0 radical (unpaired) electrons. The first-order chi connectivity index (χ1) is 9.09. The van der Waals surface area contributed by atoms with E-state index < -0.39 is 0 Å². The zero-order chi connectivity index (χ0) is 13.8. The average Bonchev–Trinajstić information content (AvgIpc) is 2.79. The molecule has 1 aromatic heterocycles. The highest BCUT2D eigenvalue weighted by atomic mass is 32.1. The predicted octanol–water partition coefficient (Wildman–Crippen LogP) is 3.93. The van der Waals surface area contributed by atoms with Crippen LogP contribution < -0.4 is 4.90 Å². The third kappa shape index (κ3) is 3.59. The van der Waals surface area contributed by atoms with Gasteiger partial charge < -0.3 is 4.90 Å². The Bertz CT molecular complexity index is 443. The molecule has 2 rings (SSSR count). The zero-order valence-corrected chi connectivity index (χ0v) is 13.2. The maximum Gasteiger partial charge on any atom is 0.225 e. The highest BCUT2D eigenvalue weighted by molar-refractivity contribution is 7.71. The summed E-state index contributed by atoms with van der Waals surface area (Å²) in [6, 6.07) is 0.538. The van der Waals surface area contributed by atoms with E-state index in [-0.39, 0.29) is 0 Å². The van der Waals surface area contributed by atoms with Crippen LogP contribution in [0.5, 0.6) is 0 Å². The number of anilines is 1. The fraction of sp³-hybridized carbons (Fsp3) is 0.857. The summed E-state index contributed by atoms with van der Waals surface area (Å²) in [7, 11) is 2.12. The van der Waals surface area contributed by atoms with Gasteiger partial charge in [0, 0.05) is 19.6 Å². The summed E-state index contributed by atoms with van der Waals surface area (Å²) in [4.78, 5) is 2.24. The van der Waals surface area contributed by atoms with Crippen molar-refractivity contribution in [3.05, 3.63) is 4.77 Å². The maximum absolute atomic E-state index is 5.43. The molecule has 1 N–H and O–H groups in total. The maximum atomic E-state index is 5.43. The molecule has 0 aromatic carbocycles. The van der Waals surface area contributed by atoms with E-state index in [1.807, 2.05) is 0 Å². The van der Waals surface area contributed by atoms with Gasteiger partial charge in [-0.1, -0.05) is 33.1 Å². The van der Waals surface area contributed by atoms with E-state index in [4.69, 9.17) is 12.2 Å². The fourth-order valence-electron chi connectivity index (χ4n) is 2.79. The lowest BCUT2D eigenvalue weighted by Crippen LogP contribution is -2.26. The van der Waals surface area contributed by atoms with Crippen LogP contribution in [0.4, 0.5) is 5.95 Å². The van der Waals surface area contributed by atoms with Crippen LogP contribution >= 0.6 is 12.2 Å². The molecule has 0 bridgehead atoms. The molecule has 1 aliphatic rings. The third-order valence-electron chi connectivity index (χ3n) is 4.01. The van der Waals surface area contributed by atoms with Crippen molar-refractivity contribution in [1.82, 2.24) is 14.8 Å². The van der Waals surface area contributed by atoms with Crippen LogP contribution in [0.3, 0.4) is 0 Å². The molecule has 0 atom stereocenters. The zero-order valence-electron chi connectivity index (χ0n) is 12.4. The van der Waals surface area contributed by atoms with E-state index >= 15 is 0 Å². The molecule has 0 unspecified atom stereocenters. The molecule has 0 amide bonds. The van der Waals surface area contributed by atoms with Gasteiger partial charge in [0.05, 0.1) is 0 Å². The number of aromatic nitrogens is 3. The van der Waals surface area contributed by atoms with Gasteiger partial charge in [-0.05, 0) is 37.4 Å². The minimum Gasteiger partial charge on any atom is -0.344 e. The van der Waals surface area contributed by atoms with Gasteiger partial charge in [-0.15, -0.1) is 5.10 Å². The largest absolute Gasteiger partial charge is 0.344 e. The lowest BCUT2D eigenvalue weighted by Gasteiger charge is -2.27. The lowest BCUT2D eigenvalue weighted by molar-refractivity contribution is 0.350. The van der Waals surface area contributed by atoms with Gasteiger partial charge in [0.15, 0.2) is 4.77 Å². The van der Waals surface area contributed by atoms with Crippen LogP contribution in [0, 0.1) is 10.7 Å². The highest BCUT2D eigenvalue weighted by Crippen LogP contribution is 2.31. The Kier molecular flexibility index (Phi) is 5.02. The summed E-state index contributed by atoms with van der Waals surface area (Å²) >= 11 is 5.43. The van der Waals surface area contributed by atoms with E-state index in [0.29, 0.717) is 12.0 Å². The molecule has 1 fully saturated rings. The lowest BCUT2D eigenvalue weighted by atomic mass is 9.95. The summed E-state index contributed by atoms with van der Waals surface area (Å²) < 4.78 is 3.02. The molecular formula is C14H26N4S. The number of aromatic amines is 1. The predicted molar refractivity (Wildman–Crippen MR) is 82.3 cm³/mol. The van der Waals surface area contributed by atoms with Gasteiger partial charge in [-0.2, -0.15) is 0 Å². The smallest absolute Gasteiger partial charge is 0.225 e.